The van der Waals surface area contributed by atoms with Crippen LogP contribution in [0.2, 0.25) is 5.02 Å². The predicted octanol–water partition coefficient (Wildman–Crippen LogP) is 2.38. The van der Waals surface area contributed by atoms with Gasteiger partial charge in [0.15, 0.2) is 5.69 Å². The van der Waals surface area contributed by atoms with Crippen LogP contribution < -0.4 is 5.32 Å². The number of hydrogen-bond acceptors (Lipinski definition) is 5. The maximum Gasteiger partial charge on any atom is 0.272 e. The highest BCUT2D eigenvalue weighted by atomic mass is 35.5. The highest BCUT2D eigenvalue weighted by molar-refractivity contribution is 7.99. The van der Waals surface area contributed by atoms with Gasteiger partial charge >= 0.3 is 0 Å². The van der Waals surface area contributed by atoms with E-state index in [0.29, 0.717) is 18.0 Å². The molecule has 7 heteroatoms. The summed E-state index contributed by atoms with van der Waals surface area (Å²) in [5.41, 5.74) is -0.675. The molecule has 1 fully saturated rings. The molecule has 20 heavy (non-hydrogen) atoms. The van der Waals surface area contributed by atoms with Crippen LogP contribution in [0.15, 0.2) is 6.20 Å². The molecule has 1 N–H and O–H groups in total. The van der Waals surface area contributed by atoms with E-state index in [1.54, 1.807) is 11.8 Å². The van der Waals surface area contributed by atoms with Crippen LogP contribution in [0.3, 0.4) is 0 Å². The van der Waals surface area contributed by atoms with Crippen molar-refractivity contribution in [3.05, 3.63) is 22.7 Å². The molecule has 1 saturated heterocycles. The minimum atomic E-state index is -0.811. The number of aromatic nitrogens is 2. The van der Waals surface area contributed by atoms with Gasteiger partial charge in [0.2, 0.25) is 0 Å². The Bertz CT molecular complexity index is 564. The summed E-state index contributed by atoms with van der Waals surface area (Å²) in [5.74, 6) is 1.71. The Morgan fingerprint density at radius 1 is 1.65 bits per heavy atom. The van der Waals surface area contributed by atoms with Gasteiger partial charge in [0, 0.05) is 11.7 Å². The maximum absolute atomic E-state index is 12.3. The molecule has 0 bridgehead atoms. The van der Waals surface area contributed by atoms with E-state index >= 15 is 0 Å². The minimum Gasteiger partial charge on any atom is -0.332 e. The van der Waals surface area contributed by atoms with E-state index in [1.807, 2.05) is 13.8 Å². The van der Waals surface area contributed by atoms with Gasteiger partial charge < -0.3 is 5.32 Å². The summed E-state index contributed by atoms with van der Waals surface area (Å²) in [6, 6.07) is 2.20. The largest absolute Gasteiger partial charge is 0.332 e. The SMILES string of the molecule is CC(C)c1ncc(Cl)c(C(=O)NC2(C#N)CCSC2)n1. The second-order valence-electron chi connectivity index (χ2n) is 5.03. The Morgan fingerprint density at radius 2 is 2.40 bits per heavy atom. The molecule has 5 nitrogen and oxygen atoms in total. The summed E-state index contributed by atoms with van der Waals surface area (Å²) in [5, 5.41) is 12.3. The van der Waals surface area contributed by atoms with Crippen LogP contribution in [0.5, 0.6) is 0 Å². The van der Waals surface area contributed by atoms with E-state index < -0.39 is 11.4 Å². The van der Waals surface area contributed by atoms with Crippen LogP contribution in [0, 0.1) is 11.3 Å². The van der Waals surface area contributed by atoms with Gasteiger partial charge in [-0.2, -0.15) is 17.0 Å². The molecule has 2 heterocycles. The van der Waals surface area contributed by atoms with Gasteiger partial charge in [-0.15, -0.1) is 0 Å². The third kappa shape index (κ3) is 3.05. The Balaban J connectivity index is 2.25. The molecule has 1 aromatic rings. The molecule has 0 spiro atoms. The lowest BCUT2D eigenvalue weighted by Gasteiger charge is -2.21. The number of nitriles is 1. The van der Waals surface area contributed by atoms with Crippen LogP contribution in [-0.2, 0) is 0 Å². The van der Waals surface area contributed by atoms with Crippen molar-refractivity contribution in [3.63, 3.8) is 0 Å². The lowest BCUT2D eigenvalue weighted by atomic mass is 10.0. The smallest absolute Gasteiger partial charge is 0.272 e. The number of rotatable bonds is 3. The van der Waals surface area contributed by atoms with Crippen molar-refractivity contribution in [2.75, 3.05) is 11.5 Å². The van der Waals surface area contributed by atoms with Crippen molar-refractivity contribution >= 4 is 29.3 Å². The molecule has 1 amide bonds. The molecular weight excluding hydrogens is 296 g/mol. The number of carbonyl (C=O) groups excluding carboxylic acids is 1. The molecule has 1 unspecified atom stereocenters. The summed E-state index contributed by atoms with van der Waals surface area (Å²) in [6.45, 7) is 3.88. The minimum absolute atomic E-state index is 0.103. The fourth-order valence-electron chi connectivity index (χ4n) is 1.87. The highest BCUT2D eigenvalue weighted by Crippen LogP contribution is 2.28. The monoisotopic (exact) mass is 310 g/mol. The first kappa shape index (κ1) is 15.1. The Hall–Kier alpha value is -1.32. The molecule has 106 valence electrons. The van der Waals surface area contributed by atoms with E-state index in [0.717, 1.165) is 5.75 Å². The summed E-state index contributed by atoms with van der Waals surface area (Å²) >= 11 is 7.65. The maximum atomic E-state index is 12.3. The van der Waals surface area contributed by atoms with E-state index in [4.69, 9.17) is 11.6 Å². The lowest BCUT2D eigenvalue weighted by Crippen LogP contribution is -2.47. The number of halogens is 1. The fraction of sp³-hybridized carbons (Fsp3) is 0.538. The summed E-state index contributed by atoms with van der Waals surface area (Å²) < 4.78 is 0. The van der Waals surface area contributed by atoms with Crippen molar-refractivity contribution in [2.45, 2.75) is 31.7 Å². The van der Waals surface area contributed by atoms with E-state index in [2.05, 4.69) is 21.4 Å². The fourth-order valence-corrected chi connectivity index (χ4v) is 3.32. The topological polar surface area (TPSA) is 78.7 Å². The number of carbonyl (C=O) groups is 1. The average Bonchev–Trinajstić information content (AvgIpc) is 2.88. The number of thioether (sulfide) groups is 1. The predicted molar refractivity (Wildman–Crippen MR) is 78.9 cm³/mol. The first-order valence-electron chi connectivity index (χ1n) is 6.31. The first-order valence-corrected chi connectivity index (χ1v) is 7.84. The van der Waals surface area contributed by atoms with Crippen molar-refractivity contribution in [2.24, 2.45) is 0 Å². The molecule has 0 radical (unpaired) electrons. The van der Waals surface area contributed by atoms with Crippen molar-refractivity contribution in [3.8, 4) is 6.07 Å². The normalized spacial score (nSPS) is 21.8. The van der Waals surface area contributed by atoms with Gasteiger partial charge in [-0.3, -0.25) is 4.79 Å². The molecule has 0 saturated carbocycles. The standard InChI is InChI=1S/C13H15ClN4OS/c1-8(2)11-16-5-9(14)10(17-11)12(19)18-13(6-15)3-4-20-7-13/h5,8H,3-4,7H2,1-2H3,(H,18,19). The third-order valence-electron chi connectivity index (χ3n) is 3.08. The van der Waals surface area contributed by atoms with Gasteiger partial charge in [-0.1, -0.05) is 25.4 Å². The molecule has 0 aliphatic carbocycles. The zero-order valence-electron chi connectivity index (χ0n) is 11.3. The van der Waals surface area contributed by atoms with E-state index in [9.17, 15) is 10.1 Å². The van der Waals surface area contributed by atoms with Gasteiger partial charge in [0.1, 0.15) is 11.4 Å². The Labute approximate surface area is 127 Å². The molecule has 1 aliphatic heterocycles. The zero-order valence-corrected chi connectivity index (χ0v) is 12.9. The number of amides is 1. The second-order valence-corrected chi connectivity index (χ2v) is 6.54. The van der Waals surface area contributed by atoms with Crippen LogP contribution in [0.25, 0.3) is 0 Å². The third-order valence-corrected chi connectivity index (χ3v) is 4.55. The van der Waals surface area contributed by atoms with Crippen LogP contribution in [-0.4, -0.2) is 32.9 Å². The zero-order chi connectivity index (χ0) is 14.8. The number of nitrogens with one attached hydrogen (secondary N) is 1. The number of hydrogen-bond donors (Lipinski definition) is 1. The molecule has 1 aromatic heterocycles. The van der Waals surface area contributed by atoms with E-state index in [1.165, 1.54) is 6.20 Å². The van der Waals surface area contributed by atoms with Crippen molar-refractivity contribution in [1.29, 1.82) is 5.26 Å². The first-order chi connectivity index (χ1) is 9.47. The molecular formula is C13H15ClN4OS. The van der Waals surface area contributed by atoms with E-state index in [-0.39, 0.29) is 16.6 Å². The Morgan fingerprint density at radius 3 is 2.95 bits per heavy atom. The summed E-state index contributed by atoms with van der Waals surface area (Å²) in [6.07, 6.45) is 2.07. The molecule has 0 aromatic carbocycles. The van der Waals surface area contributed by atoms with Crippen LogP contribution in [0.1, 0.15) is 42.5 Å². The quantitative estimate of drug-likeness (QED) is 0.927. The van der Waals surface area contributed by atoms with Crippen molar-refractivity contribution in [1.82, 2.24) is 15.3 Å². The molecule has 1 atom stereocenters. The molecule has 1 aliphatic rings. The van der Waals surface area contributed by atoms with Gasteiger partial charge in [0.05, 0.1) is 17.3 Å². The average molecular weight is 311 g/mol. The van der Waals surface area contributed by atoms with Crippen LogP contribution >= 0.6 is 23.4 Å². The van der Waals surface area contributed by atoms with Gasteiger partial charge in [0.25, 0.3) is 5.91 Å². The Kier molecular flexibility index (Phi) is 4.51. The lowest BCUT2D eigenvalue weighted by molar-refractivity contribution is 0.0920. The summed E-state index contributed by atoms with van der Waals surface area (Å²) in [7, 11) is 0. The van der Waals surface area contributed by atoms with Gasteiger partial charge in [-0.05, 0) is 12.2 Å². The van der Waals surface area contributed by atoms with Gasteiger partial charge in [-0.25, -0.2) is 9.97 Å². The molecule has 2 rings (SSSR count). The van der Waals surface area contributed by atoms with Crippen LogP contribution in [0.4, 0.5) is 0 Å². The summed E-state index contributed by atoms with van der Waals surface area (Å²) in [4.78, 5) is 20.6. The second kappa shape index (κ2) is 5.98. The van der Waals surface area contributed by atoms with Crippen molar-refractivity contribution < 1.29 is 4.79 Å². The number of nitrogens with zero attached hydrogens (tertiary/aromatic N) is 3. The highest BCUT2D eigenvalue weighted by Gasteiger charge is 2.37.